The second kappa shape index (κ2) is 60.3. The smallest absolute Gasteiger partial charge is 1.00 e. The summed E-state index contributed by atoms with van der Waals surface area (Å²) in [4.78, 5) is 0. The maximum Gasteiger partial charge on any atom is 1.00 e. The van der Waals surface area contributed by atoms with E-state index in [0.29, 0.717) is 0 Å². The monoisotopic (exact) mass is 2650 g/mol. The molecule has 0 aliphatic heterocycles. The molecular weight excluding hydrogens is 2560 g/mol. The van der Waals surface area contributed by atoms with Crippen LogP contribution in [0.3, 0.4) is 0 Å². The number of rotatable bonds is 24. The molecular formula is C36H84Cu8F12O12P8Se12. The molecule has 0 fully saturated rings. The van der Waals surface area contributed by atoms with Crippen LogP contribution in [-0.2, 0) is 191 Å². The van der Waals surface area contributed by atoms with E-state index in [9.17, 15) is 50.4 Å². The summed E-state index contributed by atoms with van der Waals surface area (Å²) in [5.41, 5.74) is 0. The van der Waals surface area contributed by atoms with Crippen LogP contribution in [0.5, 0.6) is 0 Å². The summed E-state index contributed by atoms with van der Waals surface area (Å²) in [6, 6.07) is 0. The molecule has 0 rings (SSSR count). The van der Waals surface area contributed by atoms with Gasteiger partial charge < -0.3 is 0 Å². The quantitative estimate of drug-likeness (QED) is 0.0521. The van der Waals surface area contributed by atoms with Gasteiger partial charge in [0, 0.05) is 0 Å². The summed E-state index contributed by atoms with van der Waals surface area (Å²) in [7, 11) is -21.3. The maximum absolute atomic E-state index is 10.7. The molecule has 0 bridgehead atoms. The second-order valence-corrected chi connectivity index (χ2v) is 87.6. The van der Waals surface area contributed by atoms with Gasteiger partial charge in [-0.3, -0.25) is 0 Å². The number of hydrogen-bond donors (Lipinski definition) is 0. The first-order valence-electron chi connectivity index (χ1n) is 23.1. The van der Waals surface area contributed by atoms with E-state index in [0.717, 1.165) is 0 Å². The van der Waals surface area contributed by atoms with Crippen molar-refractivity contribution in [3.63, 3.8) is 0 Å². The van der Waals surface area contributed by atoms with E-state index in [1.165, 1.54) is 0 Å². The first kappa shape index (κ1) is 139. The Morgan fingerprint density at radius 2 is 0.227 bits per heavy atom. The molecule has 12 nitrogen and oxygen atoms in total. The molecule has 584 valence electrons. The molecule has 88 heavy (non-hydrogen) atoms. The van der Waals surface area contributed by atoms with Crippen LogP contribution >= 0.6 is 43.5 Å². The second-order valence-electron chi connectivity index (χ2n) is 18.4. The van der Waals surface area contributed by atoms with Crippen molar-refractivity contribution < 1.29 is 241 Å². The van der Waals surface area contributed by atoms with Gasteiger partial charge in [0.1, 0.15) is 0 Å². The molecule has 0 amide bonds. The maximum atomic E-state index is 9.87. The Kier molecular flexibility index (Phi) is 95.5. The van der Waals surface area contributed by atoms with E-state index in [2.05, 4.69) is 184 Å². The van der Waals surface area contributed by atoms with Crippen molar-refractivity contribution in [3.8, 4) is 0 Å². The van der Waals surface area contributed by atoms with Gasteiger partial charge in [-0.25, -0.2) is 0 Å². The zero-order valence-electron chi connectivity index (χ0n) is 51.3. The average molecular weight is 2640 g/mol. The van der Waals surface area contributed by atoms with Gasteiger partial charge in [-0.15, -0.1) is 0 Å². The van der Waals surface area contributed by atoms with Gasteiger partial charge in [0.25, 0.3) is 0 Å². The SMILES string of the molecule is CC(C)OP(=[Se])([Se-])OC(C)C.CC(C)OP(=[Se])([Se-])OC(C)C.CC(C)OP(=[Se])([Se-])OC(C)C.CC(C)OP(=[Se])([Se-])OC(C)C.CC(C)OP(=[Se])([Se-])OC(C)C.CC(C)OP(=[Se])([Se-])OC(C)C.F[P-](F)(F)(F)(F)F.F[P-](F)(F)(F)(F)F.[Cu+].[Cu+].[Cu+].[Cu+].[Cu+].[Cu+].[Cu+].[Cu+]. The van der Waals surface area contributed by atoms with Crippen LogP contribution in [0.2, 0.25) is 0 Å². The van der Waals surface area contributed by atoms with Crippen molar-refractivity contribution in [2.24, 2.45) is 0 Å². The fourth-order valence-electron chi connectivity index (χ4n) is 3.25. The van der Waals surface area contributed by atoms with Crippen LogP contribution in [0.4, 0.5) is 50.4 Å². The van der Waals surface area contributed by atoms with Crippen molar-refractivity contribution in [2.75, 3.05) is 0 Å². The topological polar surface area (TPSA) is 111 Å². The molecule has 0 radical (unpaired) electrons. The van der Waals surface area contributed by atoms with E-state index >= 15 is 0 Å². The summed E-state index contributed by atoms with van der Waals surface area (Å²) in [6.07, 6.45) is 2.38. The number of halogens is 12. The van der Waals surface area contributed by atoms with Crippen LogP contribution in [0.1, 0.15) is 166 Å². The molecule has 0 aromatic carbocycles. The first-order chi connectivity index (χ1) is 33.9. The number of hydrogen-bond acceptors (Lipinski definition) is 12. The van der Waals surface area contributed by atoms with Crippen molar-refractivity contribution in [1.82, 2.24) is 0 Å². The summed E-state index contributed by atoms with van der Waals surface area (Å²) >= 11 is 35.1. The molecule has 0 saturated heterocycles. The largest absolute Gasteiger partial charge is 1.00 e. The molecule has 0 aliphatic carbocycles. The Hall–Kier alpha value is 12.5. The molecule has 0 spiro atoms. The minimum absolute atomic E-state index is 0. The standard InChI is InChI=1S/6C6H15O2PSe2.8Cu.2F6P/c6*1-5(2)7-9(10,11)8-6(3)4;;;;;;;;;2*1-7(2,3,4,5)6/h6*5-6H,1-4H3,(H,10,11);;;;;;;;;;/q;;;;;;8*+1;2*-1/p-6. The zero-order valence-corrected chi connectivity index (χ0v) is 86.5. The average Bonchev–Trinajstić information content (AvgIpc) is 2.95. The van der Waals surface area contributed by atoms with Gasteiger partial charge >= 0.3 is 708 Å². The molecule has 0 atom stereocenters. The van der Waals surface area contributed by atoms with Gasteiger partial charge in [0.2, 0.25) is 0 Å². The van der Waals surface area contributed by atoms with Crippen LogP contribution in [-0.4, -0.2) is 257 Å². The van der Waals surface area contributed by atoms with Gasteiger partial charge in [0.15, 0.2) is 0 Å². The van der Waals surface area contributed by atoms with Gasteiger partial charge in [-0.2, -0.15) is 0 Å². The van der Waals surface area contributed by atoms with Crippen LogP contribution in [0.25, 0.3) is 0 Å². The molecule has 0 aromatic heterocycles. The molecule has 0 aliphatic rings. The predicted molar refractivity (Wildman–Crippen MR) is 332 cm³/mol. The summed E-state index contributed by atoms with van der Waals surface area (Å²) < 4.78 is 174. The third kappa shape index (κ3) is 178. The van der Waals surface area contributed by atoms with Crippen LogP contribution in [0, 0.1) is 0 Å². The zero-order chi connectivity index (χ0) is 67.2. The van der Waals surface area contributed by atoms with Crippen molar-refractivity contribution in [2.45, 2.75) is 239 Å². The minimum Gasteiger partial charge on any atom is 1.00 e. The summed E-state index contributed by atoms with van der Waals surface area (Å²) in [6.45, 7) is 47.8. The summed E-state index contributed by atoms with van der Waals surface area (Å²) in [5, 5.41) is 0. The van der Waals surface area contributed by atoms with Crippen molar-refractivity contribution >= 4 is 228 Å². The third-order valence-electron chi connectivity index (χ3n) is 4.08. The van der Waals surface area contributed by atoms with E-state index < -0.39 is 43.5 Å². The Bertz CT molecular complexity index is 1600. The Balaban J connectivity index is -0.0000000477. The molecule has 52 heteroatoms. The molecule has 0 unspecified atom stereocenters. The van der Waals surface area contributed by atoms with E-state index in [-0.39, 0.29) is 210 Å². The fourth-order valence-corrected chi connectivity index (χ4v) is 35.7. The van der Waals surface area contributed by atoms with Crippen molar-refractivity contribution in [3.05, 3.63) is 0 Å². The third-order valence-corrected chi connectivity index (χ3v) is 25.2. The summed E-state index contributed by atoms with van der Waals surface area (Å²) in [5.74, 6) is 0. The normalized spacial score (nSPS) is 13.4. The Labute approximate surface area is 697 Å². The van der Waals surface area contributed by atoms with Gasteiger partial charge in [-0.05, 0) is 0 Å². The predicted octanol–water partition coefficient (Wildman–Crippen LogP) is 17.9. The van der Waals surface area contributed by atoms with Crippen LogP contribution < -0.4 is 0 Å². The Morgan fingerprint density at radius 1 is 0.193 bits per heavy atom. The van der Waals surface area contributed by atoms with E-state index in [1.54, 1.807) is 0 Å². The fraction of sp³-hybridized carbons (Fsp3) is 1.00. The van der Waals surface area contributed by atoms with Gasteiger partial charge in [0.05, 0.1) is 0 Å². The van der Waals surface area contributed by atoms with Gasteiger partial charge in [-0.1, -0.05) is 0 Å². The minimum atomic E-state index is -10.7. The molecule has 0 N–H and O–H groups in total. The Morgan fingerprint density at radius 3 is 0.250 bits per heavy atom. The first-order valence-corrected chi connectivity index (χ1v) is 63.5. The molecule has 0 saturated carbocycles. The van der Waals surface area contributed by atoms with E-state index in [1.807, 2.05) is 166 Å². The molecule has 0 heterocycles. The van der Waals surface area contributed by atoms with Crippen molar-refractivity contribution in [1.29, 1.82) is 0 Å². The van der Waals surface area contributed by atoms with Crippen LogP contribution in [0.15, 0.2) is 0 Å². The van der Waals surface area contributed by atoms with E-state index in [4.69, 9.17) is 54.3 Å². The molecule has 0 aromatic rings.